The number of carbonyl (C=O) groups excluding carboxylic acids is 4. The highest BCUT2D eigenvalue weighted by Gasteiger charge is 2.23. The Kier molecular flexibility index (Phi) is 5.92. The lowest BCUT2D eigenvalue weighted by Gasteiger charge is -2.26. The zero-order valence-electron chi connectivity index (χ0n) is 16.1. The van der Waals surface area contributed by atoms with Gasteiger partial charge >= 0.3 is 5.97 Å². The molecule has 0 unspecified atom stereocenters. The van der Waals surface area contributed by atoms with Gasteiger partial charge in [0.15, 0.2) is 12.4 Å². The lowest BCUT2D eigenvalue weighted by molar-refractivity contribution is -0.121. The Hall–Kier alpha value is -3.68. The van der Waals surface area contributed by atoms with Gasteiger partial charge in [0.2, 0.25) is 5.91 Å². The number of rotatable bonds is 6. The zero-order chi connectivity index (χ0) is 21.0. The third kappa shape index (κ3) is 4.60. The second-order valence-electron chi connectivity index (χ2n) is 6.47. The van der Waals surface area contributed by atoms with Gasteiger partial charge in [-0.1, -0.05) is 6.07 Å². The number of hydrogen-bond donors (Lipinski definition) is 1. The SMILES string of the molecule is COC(=O)c1cccc(NC(=O)CCC(=O)c2ccc3c(c2)N(C)C(=O)CO3)c1. The summed E-state index contributed by atoms with van der Waals surface area (Å²) in [5.74, 6) is -0.745. The number of ketones is 1. The van der Waals surface area contributed by atoms with Crippen LogP contribution in [0.1, 0.15) is 33.6 Å². The molecule has 0 bridgehead atoms. The maximum absolute atomic E-state index is 12.5. The first-order valence-electron chi connectivity index (χ1n) is 8.94. The van der Waals surface area contributed by atoms with Crippen LogP contribution in [0.5, 0.6) is 5.75 Å². The van der Waals surface area contributed by atoms with Crippen molar-refractivity contribution in [2.24, 2.45) is 0 Å². The molecule has 8 nitrogen and oxygen atoms in total. The van der Waals surface area contributed by atoms with Gasteiger partial charge in [0.05, 0.1) is 18.4 Å². The van der Waals surface area contributed by atoms with Crippen molar-refractivity contribution in [1.82, 2.24) is 0 Å². The molecular formula is C21H20N2O6. The molecule has 1 heterocycles. The van der Waals surface area contributed by atoms with Gasteiger partial charge in [0.1, 0.15) is 5.75 Å². The standard InChI is InChI=1S/C21H20N2O6/c1-23-16-11-13(6-8-18(16)29-12-20(23)26)17(24)7-9-19(25)22-15-5-3-4-14(10-15)21(27)28-2/h3-6,8,10-11H,7,9,12H2,1-2H3,(H,22,25). The van der Waals surface area contributed by atoms with E-state index < -0.39 is 5.97 Å². The Bertz CT molecular complexity index is 985. The summed E-state index contributed by atoms with van der Waals surface area (Å²) < 4.78 is 9.99. The molecule has 0 aliphatic carbocycles. The highest BCUT2D eigenvalue weighted by Crippen LogP contribution is 2.32. The summed E-state index contributed by atoms with van der Waals surface area (Å²) in [6.07, 6.45) is -0.0243. The third-order valence-electron chi connectivity index (χ3n) is 4.51. The lowest BCUT2D eigenvalue weighted by atomic mass is 10.0. The molecule has 0 saturated carbocycles. The molecule has 150 valence electrons. The van der Waals surface area contributed by atoms with Crippen molar-refractivity contribution in [2.75, 3.05) is 31.0 Å². The van der Waals surface area contributed by atoms with E-state index in [0.717, 1.165) is 0 Å². The molecule has 1 aliphatic heterocycles. The van der Waals surface area contributed by atoms with E-state index in [1.807, 2.05) is 0 Å². The summed E-state index contributed by atoms with van der Waals surface area (Å²) in [5, 5.41) is 2.66. The van der Waals surface area contributed by atoms with Gasteiger partial charge < -0.3 is 19.7 Å². The number of Topliss-reactive ketones (excluding diaryl/α,β-unsaturated/α-hetero) is 1. The number of benzene rings is 2. The van der Waals surface area contributed by atoms with Crippen LogP contribution in [0.4, 0.5) is 11.4 Å². The highest BCUT2D eigenvalue weighted by atomic mass is 16.5. The molecule has 0 spiro atoms. The summed E-state index contributed by atoms with van der Waals surface area (Å²) in [6, 6.07) is 11.2. The van der Waals surface area contributed by atoms with E-state index in [1.165, 1.54) is 18.1 Å². The van der Waals surface area contributed by atoms with E-state index >= 15 is 0 Å². The largest absolute Gasteiger partial charge is 0.482 e. The predicted octanol–water partition coefficient (Wildman–Crippen LogP) is 2.43. The number of esters is 1. The number of likely N-dealkylation sites (N-methyl/N-ethyl adjacent to an activating group) is 1. The average molecular weight is 396 g/mol. The predicted molar refractivity (Wildman–Crippen MR) is 105 cm³/mol. The van der Waals surface area contributed by atoms with Crippen molar-refractivity contribution in [2.45, 2.75) is 12.8 Å². The van der Waals surface area contributed by atoms with Crippen LogP contribution in [0.3, 0.4) is 0 Å². The molecule has 1 N–H and O–H groups in total. The Morgan fingerprint density at radius 3 is 2.66 bits per heavy atom. The summed E-state index contributed by atoms with van der Waals surface area (Å²) in [5.41, 5.74) is 1.68. The molecule has 2 aromatic rings. The van der Waals surface area contributed by atoms with Gasteiger partial charge in [-0.15, -0.1) is 0 Å². The minimum Gasteiger partial charge on any atom is -0.482 e. The van der Waals surface area contributed by atoms with Crippen LogP contribution in [-0.2, 0) is 14.3 Å². The quantitative estimate of drug-likeness (QED) is 0.594. The molecular weight excluding hydrogens is 376 g/mol. The average Bonchev–Trinajstić information content (AvgIpc) is 2.74. The number of methoxy groups -OCH3 is 1. The van der Waals surface area contributed by atoms with Gasteiger partial charge in [0, 0.05) is 31.1 Å². The van der Waals surface area contributed by atoms with Crippen LogP contribution in [0.25, 0.3) is 0 Å². The Balaban J connectivity index is 1.60. The molecule has 3 rings (SSSR count). The minimum atomic E-state index is -0.504. The molecule has 0 radical (unpaired) electrons. The van der Waals surface area contributed by atoms with E-state index in [-0.39, 0.29) is 37.0 Å². The van der Waals surface area contributed by atoms with Crippen molar-refractivity contribution in [1.29, 1.82) is 0 Å². The number of anilines is 2. The number of nitrogens with zero attached hydrogens (tertiary/aromatic N) is 1. The maximum Gasteiger partial charge on any atom is 0.337 e. The fourth-order valence-electron chi connectivity index (χ4n) is 2.88. The molecule has 0 aromatic heterocycles. The molecule has 2 amide bonds. The fraction of sp³-hybridized carbons (Fsp3) is 0.238. The second kappa shape index (κ2) is 8.55. The lowest BCUT2D eigenvalue weighted by Crippen LogP contribution is -2.35. The van der Waals surface area contributed by atoms with Crippen molar-refractivity contribution in [3.05, 3.63) is 53.6 Å². The van der Waals surface area contributed by atoms with Crippen LogP contribution in [0.15, 0.2) is 42.5 Å². The van der Waals surface area contributed by atoms with E-state index in [0.29, 0.717) is 28.3 Å². The maximum atomic E-state index is 12.5. The number of ether oxygens (including phenoxy) is 2. The van der Waals surface area contributed by atoms with Gasteiger partial charge in [-0.05, 0) is 36.4 Å². The van der Waals surface area contributed by atoms with Crippen molar-refractivity contribution in [3.8, 4) is 5.75 Å². The van der Waals surface area contributed by atoms with Crippen molar-refractivity contribution >= 4 is 34.9 Å². The number of amides is 2. The normalized spacial score (nSPS) is 12.6. The summed E-state index contributed by atoms with van der Waals surface area (Å²) in [4.78, 5) is 49.4. The first kappa shape index (κ1) is 20.1. The third-order valence-corrected chi connectivity index (χ3v) is 4.51. The van der Waals surface area contributed by atoms with E-state index in [4.69, 9.17) is 4.74 Å². The van der Waals surface area contributed by atoms with E-state index in [9.17, 15) is 19.2 Å². The smallest absolute Gasteiger partial charge is 0.337 e. The van der Waals surface area contributed by atoms with Crippen LogP contribution < -0.4 is 15.0 Å². The molecule has 8 heteroatoms. The van der Waals surface area contributed by atoms with Gasteiger partial charge in [-0.25, -0.2) is 4.79 Å². The van der Waals surface area contributed by atoms with Crippen LogP contribution in [-0.4, -0.2) is 44.3 Å². The summed E-state index contributed by atoms with van der Waals surface area (Å²) >= 11 is 0. The van der Waals surface area contributed by atoms with Crippen molar-refractivity contribution in [3.63, 3.8) is 0 Å². The molecule has 0 fully saturated rings. The van der Waals surface area contributed by atoms with Gasteiger partial charge in [-0.3, -0.25) is 14.4 Å². The Morgan fingerprint density at radius 1 is 1.10 bits per heavy atom. The number of hydrogen-bond acceptors (Lipinski definition) is 6. The Morgan fingerprint density at radius 2 is 1.90 bits per heavy atom. The van der Waals surface area contributed by atoms with E-state index in [2.05, 4.69) is 10.1 Å². The Labute approximate surface area is 167 Å². The second-order valence-corrected chi connectivity index (χ2v) is 6.47. The summed E-state index contributed by atoms with van der Waals surface area (Å²) in [6.45, 7) is -0.0336. The zero-order valence-corrected chi connectivity index (χ0v) is 16.1. The van der Waals surface area contributed by atoms with Gasteiger partial charge in [-0.2, -0.15) is 0 Å². The molecule has 0 atom stereocenters. The summed E-state index contributed by atoms with van der Waals surface area (Å²) in [7, 11) is 2.90. The first-order chi connectivity index (χ1) is 13.9. The van der Waals surface area contributed by atoms with Crippen LogP contribution >= 0.6 is 0 Å². The number of carbonyl (C=O) groups is 4. The van der Waals surface area contributed by atoms with Crippen LogP contribution in [0.2, 0.25) is 0 Å². The minimum absolute atomic E-state index is 0.000168. The van der Waals surface area contributed by atoms with Crippen molar-refractivity contribution < 1.29 is 28.7 Å². The number of nitrogens with one attached hydrogen (secondary N) is 1. The van der Waals surface area contributed by atoms with E-state index in [1.54, 1.807) is 43.4 Å². The first-order valence-corrected chi connectivity index (χ1v) is 8.94. The van der Waals surface area contributed by atoms with Crippen LogP contribution in [0, 0.1) is 0 Å². The number of fused-ring (bicyclic) bond motifs is 1. The molecule has 29 heavy (non-hydrogen) atoms. The molecule has 0 saturated heterocycles. The topological polar surface area (TPSA) is 102 Å². The fourth-order valence-corrected chi connectivity index (χ4v) is 2.88. The highest BCUT2D eigenvalue weighted by molar-refractivity contribution is 6.03. The van der Waals surface area contributed by atoms with Gasteiger partial charge in [0.25, 0.3) is 5.91 Å². The molecule has 2 aromatic carbocycles. The molecule has 1 aliphatic rings. The monoisotopic (exact) mass is 396 g/mol.